The van der Waals surface area contributed by atoms with Gasteiger partial charge in [0, 0.05) is 0 Å². The van der Waals surface area contributed by atoms with Gasteiger partial charge < -0.3 is 15.0 Å². The fourth-order valence-corrected chi connectivity index (χ4v) is 2.77. The highest BCUT2D eigenvalue weighted by atomic mass is 16.5. The first kappa shape index (κ1) is 18.6. The molecule has 3 rings (SSSR count). The van der Waals surface area contributed by atoms with E-state index in [4.69, 9.17) is 4.74 Å². The second-order valence-corrected chi connectivity index (χ2v) is 6.36. The lowest BCUT2D eigenvalue weighted by Crippen LogP contribution is -2.42. The molecule has 0 saturated heterocycles. The molecule has 1 amide bonds. The number of nitrogens with one attached hydrogen (secondary N) is 2. The van der Waals surface area contributed by atoms with Crippen molar-refractivity contribution < 1.29 is 14.3 Å². The number of aromatic amines is 1. The number of imidazole rings is 1. The number of ether oxygens (including phenoxy) is 1. The van der Waals surface area contributed by atoms with E-state index in [9.17, 15) is 9.59 Å². The van der Waals surface area contributed by atoms with Crippen molar-refractivity contribution in [3.05, 3.63) is 66.0 Å². The van der Waals surface area contributed by atoms with Crippen molar-refractivity contribution in [3.8, 4) is 0 Å². The number of carbonyl (C=O) groups is 2. The fraction of sp³-hybridized carbons (Fsp3) is 0.286. The van der Waals surface area contributed by atoms with E-state index in [0.29, 0.717) is 11.9 Å². The van der Waals surface area contributed by atoms with Crippen molar-refractivity contribution in [1.29, 1.82) is 0 Å². The van der Waals surface area contributed by atoms with Crippen molar-refractivity contribution in [3.63, 3.8) is 0 Å². The average molecular weight is 365 g/mol. The molecule has 6 nitrogen and oxygen atoms in total. The number of hydrogen-bond acceptors (Lipinski definition) is 4. The van der Waals surface area contributed by atoms with Gasteiger partial charge in [-0.1, -0.05) is 62.2 Å². The first-order valence-electron chi connectivity index (χ1n) is 9.13. The second-order valence-electron chi connectivity index (χ2n) is 6.36. The van der Waals surface area contributed by atoms with Gasteiger partial charge in [-0.3, -0.25) is 4.79 Å². The van der Waals surface area contributed by atoms with E-state index in [1.165, 1.54) is 0 Å². The van der Waals surface area contributed by atoms with Crippen LogP contribution in [0.25, 0.3) is 11.0 Å². The lowest BCUT2D eigenvalue weighted by molar-refractivity contribution is -0.147. The summed E-state index contributed by atoms with van der Waals surface area (Å²) in [5.41, 5.74) is 2.39. The number of para-hydroxylation sites is 2. The molecule has 0 unspecified atom stereocenters. The molecule has 1 heterocycles. The Morgan fingerprint density at radius 1 is 1.11 bits per heavy atom. The number of fused-ring (bicyclic) bond motifs is 1. The van der Waals surface area contributed by atoms with Crippen LogP contribution in [0.4, 0.5) is 0 Å². The van der Waals surface area contributed by atoms with Gasteiger partial charge in [-0.15, -0.1) is 0 Å². The van der Waals surface area contributed by atoms with E-state index in [0.717, 1.165) is 23.9 Å². The molecule has 1 aromatic heterocycles. The van der Waals surface area contributed by atoms with Gasteiger partial charge in [-0.05, 0) is 24.1 Å². The minimum absolute atomic E-state index is 0.183. The van der Waals surface area contributed by atoms with Crippen LogP contribution in [0.1, 0.15) is 42.4 Å². The number of aromatic nitrogens is 2. The van der Waals surface area contributed by atoms with E-state index in [2.05, 4.69) is 15.3 Å². The van der Waals surface area contributed by atoms with E-state index < -0.39 is 17.9 Å². The summed E-state index contributed by atoms with van der Waals surface area (Å²) in [6.07, 6.45) is 2.25. The Bertz CT molecular complexity index is 872. The maximum Gasteiger partial charge on any atom is 0.328 e. The SMILES string of the molecule is CCCC[C@H](NC(=O)c1nc2ccccc2[nH]1)C(=O)OCc1ccccc1. The standard InChI is InChI=1S/C21H23N3O3/c1-2-3-11-18(21(26)27-14-15-9-5-4-6-10-15)24-20(25)19-22-16-12-7-8-13-17(16)23-19/h4-10,12-13,18H,2-3,11,14H2,1H3,(H,22,23)(H,24,25)/t18-/m0/s1. The molecule has 2 aromatic carbocycles. The topological polar surface area (TPSA) is 84.1 Å². The molecule has 0 aliphatic heterocycles. The van der Waals surface area contributed by atoms with Gasteiger partial charge in [0.2, 0.25) is 0 Å². The Hall–Kier alpha value is -3.15. The smallest absolute Gasteiger partial charge is 0.328 e. The largest absolute Gasteiger partial charge is 0.459 e. The normalized spacial score (nSPS) is 11.9. The molecule has 2 N–H and O–H groups in total. The molecule has 27 heavy (non-hydrogen) atoms. The highest BCUT2D eigenvalue weighted by Crippen LogP contribution is 2.11. The average Bonchev–Trinajstić information content (AvgIpc) is 3.14. The summed E-state index contributed by atoms with van der Waals surface area (Å²) < 4.78 is 5.40. The van der Waals surface area contributed by atoms with Crippen LogP contribution in [0.15, 0.2) is 54.6 Å². The van der Waals surface area contributed by atoms with Crippen LogP contribution in [0.5, 0.6) is 0 Å². The maximum atomic E-state index is 12.6. The monoisotopic (exact) mass is 365 g/mol. The summed E-state index contributed by atoms with van der Waals surface area (Å²) in [7, 11) is 0. The number of nitrogens with zero attached hydrogens (tertiary/aromatic N) is 1. The number of hydrogen-bond donors (Lipinski definition) is 2. The van der Waals surface area contributed by atoms with Crippen LogP contribution in [-0.2, 0) is 16.1 Å². The summed E-state index contributed by atoms with van der Waals surface area (Å²) in [4.78, 5) is 32.3. The van der Waals surface area contributed by atoms with Gasteiger partial charge in [0.25, 0.3) is 5.91 Å². The first-order valence-corrected chi connectivity index (χ1v) is 9.13. The third-order valence-electron chi connectivity index (χ3n) is 4.26. The number of amides is 1. The van der Waals surface area contributed by atoms with Crippen LogP contribution >= 0.6 is 0 Å². The van der Waals surface area contributed by atoms with Gasteiger partial charge in [0.15, 0.2) is 5.82 Å². The first-order chi connectivity index (χ1) is 13.2. The van der Waals surface area contributed by atoms with Gasteiger partial charge >= 0.3 is 5.97 Å². The summed E-state index contributed by atoms with van der Waals surface area (Å²) in [6, 6.07) is 16.2. The zero-order valence-corrected chi connectivity index (χ0v) is 15.3. The number of rotatable bonds is 8. The lowest BCUT2D eigenvalue weighted by atomic mass is 10.1. The zero-order valence-electron chi connectivity index (χ0n) is 15.3. The second kappa shape index (κ2) is 8.98. The number of carbonyl (C=O) groups excluding carboxylic acids is 2. The van der Waals surface area contributed by atoms with Crippen LogP contribution in [0.2, 0.25) is 0 Å². The van der Waals surface area contributed by atoms with E-state index in [-0.39, 0.29) is 12.4 Å². The molecule has 1 atom stereocenters. The quantitative estimate of drug-likeness (QED) is 0.598. The predicted octanol–water partition coefficient (Wildman–Crippen LogP) is 3.59. The van der Waals surface area contributed by atoms with Gasteiger partial charge in [-0.2, -0.15) is 0 Å². The molecule has 6 heteroatoms. The van der Waals surface area contributed by atoms with Gasteiger partial charge in [0.1, 0.15) is 12.6 Å². The Kier molecular flexibility index (Phi) is 6.20. The Morgan fingerprint density at radius 3 is 2.59 bits per heavy atom. The molecule has 3 aromatic rings. The number of benzene rings is 2. The van der Waals surface area contributed by atoms with Crippen molar-refractivity contribution >= 4 is 22.9 Å². The molecule has 0 aliphatic carbocycles. The molecule has 0 spiro atoms. The summed E-state index contributed by atoms with van der Waals surface area (Å²) in [5.74, 6) is -0.658. The number of H-pyrrole nitrogens is 1. The highest BCUT2D eigenvalue weighted by Gasteiger charge is 2.24. The van der Waals surface area contributed by atoms with Crippen LogP contribution in [0.3, 0.4) is 0 Å². The Labute approximate surface area is 158 Å². The predicted molar refractivity (Wildman–Crippen MR) is 103 cm³/mol. The van der Waals surface area contributed by atoms with Crippen molar-refractivity contribution in [1.82, 2.24) is 15.3 Å². The highest BCUT2D eigenvalue weighted by molar-refractivity contribution is 5.96. The lowest BCUT2D eigenvalue weighted by Gasteiger charge is -2.17. The fourth-order valence-electron chi connectivity index (χ4n) is 2.77. The van der Waals surface area contributed by atoms with Crippen molar-refractivity contribution in [2.24, 2.45) is 0 Å². The minimum Gasteiger partial charge on any atom is -0.459 e. The third-order valence-corrected chi connectivity index (χ3v) is 4.26. The molecule has 0 aliphatic rings. The zero-order chi connectivity index (χ0) is 19.1. The molecule has 0 bridgehead atoms. The van der Waals surface area contributed by atoms with E-state index in [1.54, 1.807) is 0 Å². The molecule has 0 fully saturated rings. The van der Waals surface area contributed by atoms with E-state index in [1.807, 2.05) is 61.5 Å². The minimum atomic E-state index is -0.700. The number of unbranched alkanes of at least 4 members (excludes halogenated alkanes) is 1. The van der Waals surface area contributed by atoms with Crippen LogP contribution in [0, 0.1) is 0 Å². The van der Waals surface area contributed by atoms with Gasteiger partial charge in [-0.25, -0.2) is 9.78 Å². The van der Waals surface area contributed by atoms with E-state index >= 15 is 0 Å². The molecular weight excluding hydrogens is 342 g/mol. The van der Waals surface area contributed by atoms with Crippen molar-refractivity contribution in [2.45, 2.75) is 38.8 Å². The molecule has 140 valence electrons. The maximum absolute atomic E-state index is 12.6. The summed E-state index contributed by atoms with van der Waals surface area (Å²) >= 11 is 0. The van der Waals surface area contributed by atoms with Gasteiger partial charge in [0.05, 0.1) is 11.0 Å². The summed E-state index contributed by atoms with van der Waals surface area (Å²) in [5, 5.41) is 2.76. The van der Waals surface area contributed by atoms with Crippen LogP contribution in [-0.4, -0.2) is 27.9 Å². The third kappa shape index (κ3) is 4.94. The van der Waals surface area contributed by atoms with Crippen molar-refractivity contribution in [2.75, 3.05) is 0 Å². The number of esters is 1. The Balaban J connectivity index is 1.65. The Morgan fingerprint density at radius 2 is 1.85 bits per heavy atom. The molecule has 0 saturated carbocycles. The molecular formula is C21H23N3O3. The molecule has 0 radical (unpaired) electrons. The van der Waals surface area contributed by atoms with Crippen LogP contribution < -0.4 is 5.32 Å². The summed E-state index contributed by atoms with van der Waals surface area (Å²) in [6.45, 7) is 2.22.